The topological polar surface area (TPSA) is 205 Å². The molecule has 0 bridgehead atoms. The summed E-state index contributed by atoms with van der Waals surface area (Å²) in [4.78, 5) is 25.8. The van der Waals surface area contributed by atoms with E-state index >= 15 is 0 Å². The molecular formula is C26H26N8O8. The molecule has 2 unspecified atom stereocenters. The van der Waals surface area contributed by atoms with Gasteiger partial charge < -0.3 is 39.4 Å². The Balaban J connectivity index is 1.07. The smallest absolute Gasteiger partial charge is 0.250 e. The molecule has 4 aromatic heterocycles. The zero-order chi connectivity index (χ0) is 28.8. The summed E-state index contributed by atoms with van der Waals surface area (Å²) in [5.41, 5.74) is 1.75. The van der Waals surface area contributed by atoms with Crippen LogP contribution in [0.5, 0.6) is 23.3 Å². The fourth-order valence-electron chi connectivity index (χ4n) is 5.13. The van der Waals surface area contributed by atoms with Crippen molar-refractivity contribution in [3.05, 3.63) is 49.6 Å². The molecule has 16 heteroatoms. The second-order valence-corrected chi connectivity index (χ2v) is 9.91. The highest BCUT2D eigenvalue weighted by atomic mass is 16.5. The van der Waals surface area contributed by atoms with Gasteiger partial charge in [0.15, 0.2) is 22.3 Å². The molecule has 0 radical (unpaired) electrons. The van der Waals surface area contributed by atoms with E-state index in [9.17, 15) is 20.4 Å². The second-order valence-electron chi connectivity index (χ2n) is 9.91. The van der Waals surface area contributed by atoms with Crippen molar-refractivity contribution in [1.29, 1.82) is 0 Å². The standard InChI is InChI=1S/C26H26N8O8/c35-7-17-15(37)5-19(41-17)33-11-31-21-23(33)27-9-29-25(21)39-13-1-2-14(4-3-13)40-26-22-24(28-10-30-26)34(12-32-22)20-6-16(38)18(8-36)42-20/h1-4,9-12,15-20,35-38H,5-8H2/t15?,16?,17-,18-,19-,20-/m1/s1. The number of ether oxygens (including phenoxy) is 4. The van der Waals surface area contributed by atoms with Crippen LogP contribution in [0.3, 0.4) is 0 Å². The summed E-state index contributed by atoms with van der Waals surface area (Å²) in [5, 5.41) is 39.0. The summed E-state index contributed by atoms with van der Waals surface area (Å²) in [6, 6.07) is 6.79. The maximum absolute atomic E-state index is 10.1. The summed E-state index contributed by atoms with van der Waals surface area (Å²) in [6.07, 6.45) is 2.37. The molecule has 16 nitrogen and oxygen atoms in total. The number of aliphatic hydroxyl groups excluding tert-OH is 4. The van der Waals surface area contributed by atoms with Gasteiger partial charge in [0.2, 0.25) is 0 Å². The van der Waals surface area contributed by atoms with Crippen LogP contribution in [0.15, 0.2) is 49.6 Å². The number of imidazole rings is 2. The lowest BCUT2D eigenvalue weighted by molar-refractivity contribution is -0.0432. The number of rotatable bonds is 8. The van der Waals surface area contributed by atoms with Gasteiger partial charge in [-0.1, -0.05) is 0 Å². The molecule has 7 rings (SSSR count). The van der Waals surface area contributed by atoms with Gasteiger partial charge in [0.25, 0.3) is 11.8 Å². The molecule has 1 aromatic carbocycles. The largest absolute Gasteiger partial charge is 0.437 e. The van der Waals surface area contributed by atoms with Gasteiger partial charge in [-0.3, -0.25) is 9.13 Å². The Morgan fingerprint density at radius 2 is 1.10 bits per heavy atom. The highest BCUT2D eigenvalue weighted by Gasteiger charge is 2.36. The van der Waals surface area contributed by atoms with Crippen molar-refractivity contribution >= 4 is 22.3 Å². The average Bonchev–Trinajstić information content (AvgIpc) is 3.79. The number of aliphatic hydroxyl groups is 4. The number of benzene rings is 1. The van der Waals surface area contributed by atoms with Crippen LogP contribution >= 0.6 is 0 Å². The van der Waals surface area contributed by atoms with Crippen molar-refractivity contribution in [2.24, 2.45) is 0 Å². The summed E-state index contributed by atoms with van der Waals surface area (Å²) >= 11 is 0. The van der Waals surface area contributed by atoms with E-state index in [2.05, 4.69) is 29.9 Å². The quantitative estimate of drug-likeness (QED) is 0.201. The van der Waals surface area contributed by atoms with Gasteiger partial charge in [-0.05, 0) is 24.3 Å². The third-order valence-corrected chi connectivity index (χ3v) is 7.29. The average molecular weight is 579 g/mol. The molecule has 0 amide bonds. The van der Waals surface area contributed by atoms with Gasteiger partial charge in [0, 0.05) is 12.8 Å². The lowest BCUT2D eigenvalue weighted by atomic mass is 10.2. The van der Waals surface area contributed by atoms with Crippen molar-refractivity contribution in [2.75, 3.05) is 13.2 Å². The zero-order valence-corrected chi connectivity index (χ0v) is 21.9. The van der Waals surface area contributed by atoms with E-state index in [1.165, 1.54) is 25.3 Å². The van der Waals surface area contributed by atoms with Gasteiger partial charge in [-0.25, -0.2) is 19.9 Å². The monoisotopic (exact) mass is 578 g/mol. The number of nitrogens with zero attached hydrogens (tertiary/aromatic N) is 8. The highest BCUT2D eigenvalue weighted by molar-refractivity contribution is 5.77. The Labute approximate surface area is 236 Å². The van der Waals surface area contributed by atoms with E-state index in [0.29, 0.717) is 46.7 Å². The molecule has 0 saturated carbocycles. The second kappa shape index (κ2) is 10.8. The maximum Gasteiger partial charge on any atom is 0.250 e. The van der Waals surface area contributed by atoms with Crippen LogP contribution in [0.25, 0.3) is 22.3 Å². The number of hydrogen-bond acceptors (Lipinski definition) is 14. The van der Waals surface area contributed by atoms with Crippen molar-refractivity contribution < 1.29 is 39.4 Å². The first kappa shape index (κ1) is 26.6. The highest BCUT2D eigenvalue weighted by Crippen LogP contribution is 2.35. The van der Waals surface area contributed by atoms with Crippen molar-refractivity contribution in [3.8, 4) is 23.3 Å². The van der Waals surface area contributed by atoms with E-state index in [1.807, 2.05) is 0 Å². The minimum absolute atomic E-state index is 0.232. The zero-order valence-electron chi connectivity index (χ0n) is 21.9. The Morgan fingerprint density at radius 1 is 0.667 bits per heavy atom. The fourth-order valence-corrected chi connectivity index (χ4v) is 5.13. The molecule has 0 aliphatic carbocycles. The van der Waals surface area contributed by atoms with E-state index in [4.69, 9.17) is 18.9 Å². The fraction of sp³-hybridized carbons (Fsp3) is 0.385. The molecule has 6 heterocycles. The third kappa shape index (κ3) is 4.69. The lowest BCUT2D eigenvalue weighted by Gasteiger charge is -2.13. The summed E-state index contributed by atoms with van der Waals surface area (Å²) < 4.78 is 26.8. The van der Waals surface area contributed by atoms with E-state index < -0.39 is 36.9 Å². The predicted octanol–water partition coefficient (Wildman–Crippen LogP) is 0.832. The number of hydrogen-bond donors (Lipinski definition) is 4. The van der Waals surface area contributed by atoms with Crippen LogP contribution in [0.1, 0.15) is 25.3 Å². The molecule has 2 aliphatic rings. The van der Waals surface area contributed by atoms with Gasteiger partial charge in [-0.2, -0.15) is 9.97 Å². The first-order valence-corrected chi connectivity index (χ1v) is 13.2. The van der Waals surface area contributed by atoms with E-state index in [-0.39, 0.29) is 25.0 Å². The molecule has 2 fully saturated rings. The SMILES string of the molecule is OC[C@H]1O[C@@H](n2cnc3c(Oc4ccc(Oc5ncnc6c5ncn6[C@H]5CC(O)[C@@H](CO)O5)cc4)ncnc32)CC1O. The number of fused-ring (bicyclic) bond motifs is 2. The van der Waals surface area contributed by atoms with Gasteiger partial charge in [-0.15, -0.1) is 0 Å². The summed E-state index contributed by atoms with van der Waals surface area (Å²) in [5.74, 6) is 1.40. The molecule has 6 atom stereocenters. The maximum atomic E-state index is 10.1. The van der Waals surface area contributed by atoms with Crippen molar-refractivity contribution in [1.82, 2.24) is 39.0 Å². The Hall–Kier alpha value is -4.32. The molecule has 2 saturated heterocycles. The lowest BCUT2D eigenvalue weighted by Crippen LogP contribution is -2.24. The predicted molar refractivity (Wildman–Crippen MR) is 140 cm³/mol. The van der Waals surface area contributed by atoms with Gasteiger partial charge in [0.1, 0.15) is 48.8 Å². The molecule has 4 N–H and O–H groups in total. The molecule has 0 spiro atoms. The molecule has 2 aliphatic heterocycles. The van der Waals surface area contributed by atoms with Crippen LogP contribution in [0.4, 0.5) is 0 Å². The van der Waals surface area contributed by atoms with Crippen LogP contribution in [-0.4, -0.2) is 97.1 Å². The number of aromatic nitrogens is 8. The first-order valence-electron chi connectivity index (χ1n) is 13.2. The van der Waals surface area contributed by atoms with Gasteiger partial charge in [0.05, 0.1) is 38.1 Å². The Morgan fingerprint density at radius 3 is 1.48 bits per heavy atom. The first-order chi connectivity index (χ1) is 20.5. The van der Waals surface area contributed by atoms with Crippen LogP contribution in [0, 0.1) is 0 Å². The van der Waals surface area contributed by atoms with Crippen LogP contribution in [0.2, 0.25) is 0 Å². The Kier molecular flexibility index (Phi) is 6.85. The van der Waals surface area contributed by atoms with Gasteiger partial charge >= 0.3 is 0 Å². The van der Waals surface area contributed by atoms with E-state index in [0.717, 1.165) is 0 Å². The van der Waals surface area contributed by atoms with E-state index in [1.54, 1.807) is 33.4 Å². The molecular weight excluding hydrogens is 552 g/mol. The minimum Gasteiger partial charge on any atom is -0.437 e. The molecule has 218 valence electrons. The molecule has 42 heavy (non-hydrogen) atoms. The Bertz CT molecular complexity index is 1590. The molecule has 5 aromatic rings. The van der Waals surface area contributed by atoms with Crippen molar-refractivity contribution in [3.63, 3.8) is 0 Å². The summed E-state index contributed by atoms with van der Waals surface area (Å²) in [7, 11) is 0. The van der Waals surface area contributed by atoms with Crippen molar-refractivity contribution in [2.45, 2.75) is 49.7 Å². The summed E-state index contributed by atoms with van der Waals surface area (Å²) in [6.45, 7) is -0.574. The van der Waals surface area contributed by atoms with Crippen LogP contribution in [-0.2, 0) is 9.47 Å². The third-order valence-electron chi connectivity index (χ3n) is 7.29. The normalized spacial score (nSPS) is 25.9. The minimum atomic E-state index is -0.792. The van der Waals surface area contributed by atoms with Crippen LogP contribution < -0.4 is 9.47 Å².